The van der Waals surface area contributed by atoms with E-state index in [1.807, 2.05) is 41.3 Å². The van der Waals surface area contributed by atoms with Crippen molar-refractivity contribution in [3.8, 4) is 0 Å². The summed E-state index contributed by atoms with van der Waals surface area (Å²) >= 11 is 0. The van der Waals surface area contributed by atoms with Crippen LogP contribution in [0.15, 0.2) is 48.5 Å². The Hall–Kier alpha value is -2.86. The van der Waals surface area contributed by atoms with Crippen LogP contribution < -0.4 is 10.2 Å². The van der Waals surface area contributed by atoms with Gasteiger partial charge in [-0.25, -0.2) is 4.79 Å². The maximum absolute atomic E-state index is 13.1. The molecule has 2 aromatic rings. The lowest BCUT2D eigenvalue weighted by Crippen LogP contribution is -2.45. The van der Waals surface area contributed by atoms with Crippen LogP contribution in [-0.4, -0.2) is 50.7 Å². The minimum Gasteiger partial charge on any atom is -0.469 e. The van der Waals surface area contributed by atoms with E-state index in [4.69, 9.17) is 4.74 Å². The fourth-order valence-corrected chi connectivity index (χ4v) is 4.64. The zero-order valence-corrected chi connectivity index (χ0v) is 17.7. The number of nitrogens with one attached hydrogen (secondary N) is 1. The predicted octanol–water partition coefficient (Wildman–Crippen LogP) is 3.10. The summed E-state index contributed by atoms with van der Waals surface area (Å²) in [5.74, 6) is -0.269. The van der Waals surface area contributed by atoms with Gasteiger partial charge in [0.15, 0.2) is 0 Å². The van der Waals surface area contributed by atoms with Crippen molar-refractivity contribution in [2.24, 2.45) is 0 Å². The maximum atomic E-state index is 13.1. The van der Waals surface area contributed by atoms with Gasteiger partial charge in [0, 0.05) is 31.7 Å². The lowest BCUT2D eigenvalue weighted by atomic mass is 9.84. The summed E-state index contributed by atoms with van der Waals surface area (Å²) in [6, 6.07) is 16.2. The molecule has 1 N–H and O–H groups in total. The highest BCUT2D eigenvalue weighted by atomic mass is 16.5. The van der Waals surface area contributed by atoms with E-state index in [9.17, 15) is 9.59 Å². The molecule has 4 rings (SSSR count). The van der Waals surface area contributed by atoms with Gasteiger partial charge in [0.05, 0.1) is 12.6 Å². The molecule has 0 bridgehead atoms. The Bertz CT molecular complexity index is 931. The number of methoxy groups -OCH3 is 1. The van der Waals surface area contributed by atoms with Crippen molar-refractivity contribution in [2.45, 2.75) is 31.2 Å². The normalized spacial score (nSPS) is 21.7. The van der Waals surface area contributed by atoms with Gasteiger partial charge in [-0.3, -0.25) is 9.69 Å². The second-order valence-electron chi connectivity index (χ2n) is 8.22. The Labute approximate surface area is 177 Å². The van der Waals surface area contributed by atoms with Crippen LogP contribution in [0.3, 0.4) is 0 Å². The molecule has 2 aliphatic rings. The molecule has 30 heavy (non-hydrogen) atoms. The van der Waals surface area contributed by atoms with Crippen molar-refractivity contribution in [3.63, 3.8) is 0 Å². The van der Waals surface area contributed by atoms with Crippen molar-refractivity contribution >= 4 is 17.7 Å². The minimum absolute atomic E-state index is 0.130. The number of fused-ring (bicyclic) bond motifs is 1. The lowest BCUT2D eigenvalue weighted by Gasteiger charge is -2.38. The van der Waals surface area contributed by atoms with E-state index in [0.717, 1.165) is 37.2 Å². The average molecular weight is 408 g/mol. The van der Waals surface area contributed by atoms with Gasteiger partial charge in [0.2, 0.25) is 0 Å². The number of hydrogen-bond donors (Lipinski definition) is 1. The number of hydrogen-bond acceptors (Lipinski definition) is 4. The molecule has 2 aliphatic heterocycles. The summed E-state index contributed by atoms with van der Waals surface area (Å²) in [5.41, 5.74) is 3.90. The molecular weight excluding hydrogens is 378 g/mol. The molecule has 6 heteroatoms. The third-order valence-electron chi connectivity index (χ3n) is 6.42. The number of esters is 1. The topological polar surface area (TPSA) is 61.9 Å². The van der Waals surface area contributed by atoms with Crippen molar-refractivity contribution in [1.82, 2.24) is 10.2 Å². The third-order valence-corrected chi connectivity index (χ3v) is 6.42. The largest absolute Gasteiger partial charge is 0.469 e. The average Bonchev–Trinajstić information content (AvgIpc) is 3.00. The number of rotatable bonds is 5. The molecule has 2 amide bonds. The van der Waals surface area contributed by atoms with Crippen LogP contribution in [0, 0.1) is 0 Å². The Morgan fingerprint density at radius 2 is 1.83 bits per heavy atom. The Balaban J connectivity index is 1.76. The van der Waals surface area contributed by atoms with Gasteiger partial charge in [-0.15, -0.1) is 0 Å². The van der Waals surface area contributed by atoms with E-state index in [1.54, 1.807) is 0 Å². The molecule has 158 valence electrons. The van der Waals surface area contributed by atoms with Crippen LogP contribution in [0.25, 0.3) is 0 Å². The SMILES string of the molecule is COC(=O)CCC1(c2ccccc2)CNC(=O)N1c1ccc2c(c1)CCN(C)CC2. The summed E-state index contributed by atoms with van der Waals surface area (Å²) in [5, 5.41) is 3.03. The van der Waals surface area contributed by atoms with Crippen LogP contribution in [-0.2, 0) is 27.9 Å². The molecular formula is C24H29N3O3. The Morgan fingerprint density at radius 3 is 2.57 bits per heavy atom. The summed E-state index contributed by atoms with van der Waals surface area (Å²) < 4.78 is 4.89. The molecule has 0 spiro atoms. The van der Waals surface area contributed by atoms with Crippen LogP contribution in [0.5, 0.6) is 0 Å². The molecule has 0 aliphatic carbocycles. The fourth-order valence-electron chi connectivity index (χ4n) is 4.64. The van der Waals surface area contributed by atoms with Gasteiger partial charge in [-0.1, -0.05) is 36.4 Å². The number of likely N-dealkylation sites (N-methyl/N-ethyl adjacent to an activating group) is 1. The molecule has 1 atom stereocenters. The highest BCUT2D eigenvalue weighted by Crippen LogP contribution is 2.41. The molecule has 1 unspecified atom stereocenters. The van der Waals surface area contributed by atoms with E-state index in [-0.39, 0.29) is 18.4 Å². The summed E-state index contributed by atoms with van der Waals surface area (Å²) in [6.45, 7) is 2.51. The fraction of sp³-hybridized carbons (Fsp3) is 0.417. The standard InChI is InChI=1S/C24H29N3O3/c1-26-14-11-18-8-9-21(16-19(18)12-15-26)27-23(29)25-17-24(27,13-10-22(28)30-2)20-6-4-3-5-7-20/h3-9,16H,10-15,17H2,1-2H3,(H,25,29). The highest BCUT2D eigenvalue weighted by Gasteiger charge is 2.47. The second-order valence-corrected chi connectivity index (χ2v) is 8.22. The first-order chi connectivity index (χ1) is 14.5. The maximum Gasteiger partial charge on any atom is 0.322 e. The number of urea groups is 1. The van der Waals surface area contributed by atoms with Crippen LogP contribution in [0.1, 0.15) is 29.5 Å². The quantitative estimate of drug-likeness (QED) is 0.774. The van der Waals surface area contributed by atoms with Crippen molar-refractivity contribution in [1.29, 1.82) is 0 Å². The number of carbonyl (C=O) groups excluding carboxylic acids is 2. The van der Waals surface area contributed by atoms with Gasteiger partial charge >= 0.3 is 12.0 Å². The molecule has 0 radical (unpaired) electrons. The summed E-state index contributed by atoms with van der Waals surface area (Å²) in [4.78, 5) is 29.2. The van der Waals surface area contributed by atoms with Gasteiger partial charge in [0.1, 0.15) is 0 Å². The van der Waals surface area contributed by atoms with E-state index >= 15 is 0 Å². The second kappa shape index (κ2) is 8.48. The Morgan fingerprint density at radius 1 is 1.10 bits per heavy atom. The number of amides is 2. The predicted molar refractivity (Wildman–Crippen MR) is 117 cm³/mol. The smallest absolute Gasteiger partial charge is 0.322 e. The first-order valence-corrected chi connectivity index (χ1v) is 10.5. The monoisotopic (exact) mass is 407 g/mol. The molecule has 6 nitrogen and oxygen atoms in total. The van der Waals surface area contributed by atoms with E-state index in [2.05, 4.69) is 29.4 Å². The lowest BCUT2D eigenvalue weighted by molar-refractivity contribution is -0.141. The van der Waals surface area contributed by atoms with Gasteiger partial charge in [0.25, 0.3) is 0 Å². The van der Waals surface area contributed by atoms with Crippen molar-refractivity contribution in [3.05, 3.63) is 65.2 Å². The number of anilines is 1. The Kier molecular flexibility index (Phi) is 5.77. The van der Waals surface area contributed by atoms with E-state index in [0.29, 0.717) is 13.0 Å². The molecule has 2 heterocycles. The van der Waals surface area contributed by atoms with Gasteiger partial charge < -0.3 is 15.0 Å². The van der Waals surface area contributed by atoms with Crippen LogP contribution in [0.2, 0.25) is 0 Å². The first-order valence-electron chi connectivity index (χ1n) is 10.5. The molecule has 0 aromatic heterocycles. The number of nitrogens with zero attached hydrogens (tertiary/aromatic N) is 2. The zero-order chi connectivity index (χ0) is 21.1. The van der Waals surface area contributed by atoms with Gasteiger partial charge in [-0.05, 0) is 55.1 Å². The summed E-state index contributed by atoms with van der Waals surface area (Å²) in [6.07, 6.45) is 2.72. The molecule has 1 saturated heterocycles. The summed E-state index contributed by atoms with van der Waals surface area (Å²) in [7, 11) is 3.55. The number of benzene rings is 2. The molecule has 1 fully saturated rings. The zero-order valence-electron chi connectivity index (χ0n) is 17.7. The van der Waals surface area contributed by atoms with Crippen LogP contribution >= 0.6 is 0 Å². The van der Waals surface area contributed by atoms with E-state index < -0.39 is 5.54 Å². The highest BCUT2D eigenvalue weighted by molar-refractivity contribution is 5.96. The van der Waals surface area contributed by atoms with E-state index in [1.165, 1.54) is 18.2 Å². The minimum atomic E-state index is -0.637. The van der Waals surface area contributed by atoms with Gasteiger partial charge in [-0.2, -0.15) is 0 Å². The van der Waals surface area contributed by atoms with Crippen molar-refractivity contribution < 1.29 is 14.3 Å². The van der Waals surface area contributed by atoms with Crippen molar-refractivity contribution in [2.75, 3.05) is 38.7 Å². The molecule has 0 saturated carbocycles. The number of ether oxygens (including phenoxy) is 1. The number of carbonyl (C=O) groups is 2. The first kappa shape index (κ1) is 20.4. The van der Waals surface area contributed by atoms with Crippen LogP contribution in [0.4, 0.5) is 10.5 Å². The third kappa shape index (κ3) is 3.79. The molecule has 2 aromatic carbocycles.